The van der Waals surface area contributed by atoms with Crippen molar-refractivity contribution >= 4 is 53.7 Å². The lowest BCUT2D eigenvalue weighted by Gasteiger charge is -2.36. The molecule has 6 amide bonds. The summed E-state index contributed by atoms with van der Waals surface area (Å²) >= 11 is 0. The highest BCUT2D eigenvalue weighted by molar-refractivity contribution is 7.50. The number of imide groups is 2. The molecule has 14 heteroatoms. The Labute approximate surface area is 270 Å². The first-order valence-electron chi connectivity index (χ1n) is 15.8. The molecule has 1 aromatic heterocycles. The summed E-state index contributed by atoms with van der Waals surface area (Å²) in [6.07, 6.45) is 6.68. The molecule has 3 saturated heterocycles. The molecule has 3 N–H and O–H groups in total. The van der Waals surface area contributed by atoms with Gasteiger partial charge in [-0.3, -0.25) is 28.7 Å². The predicted molar refractivity (Wildman–Crippen MR) is 169 cm³/mol. The van der Waals surface area contributed by atoms with E-state index in [-0.39, 0.29) is 17.3 Å². The summed E-state index contributed by atoms with van der Waals surface area (Å²) in [7, 11) is -4.28. The molecule has 3 aliphatic heterocycles. The van der Waals surface area contributed by atoms with Crippen molar-refractivity contribution in [2.75, 3.05) is 4.90 Å². The van der Waals surface area contributed by atoms with E-state index < -0.39 is 61.0 Å². The topological polar surface area (TPSA) is 178 Å². The number of fused-ring (bicyclic) bond motifs is 2. The summed E-state index contributed by atoms with van der Waals surface area (Å²) in [5, 5.41) is 4.27. The van der Waals surface area contributed by atoms with Gasteiger partial charge in [0.2, 0.25) is 5.91 Å². The van der Waals surface area contributed by atoms with Gasteiger partial charge in [0.1, 0.15) is 17.6 Å². The van der Waals surface area contributed by atoms with Crippen molar-refractivity contribution in [3.05, 3.63) is 72.1 Å². The van der Waals surface area contributed by atoms with Gasteiger partial charge in [-0.15, -0.1) is 0 Å². The molecule has 244 valence electrons. The smallest absolute Gasteiger partial charge is 0.339 e. The maximum absolute atomic E-state index is 14.2. The van der Waals surface area contributed by atoms with Crippen LogP contribution in [0.25, 0.3) is 10.8 Å². The van der Waals surface area contributed by atoms with E-state index in [4.69, 9.17) is 0 Å². The van der Waals surface area contributed by atoms with Gasteiger partial charge in [-0.25, -0.2) is 14.6 Å². The van der Waals surface area contributed by atoms with Crippen LogP contribution in [0.1, 0.15) is 67.3 Å². The fraction of sp³-hybridized carbons (Fsp3) is 0.394. The van der Waals surface area contributed by atoms with Crippen molar-refractivity contribution in [1.29, 1.82) is 0 Å². The van der Waals surface area contributed by atoms with Crippen molar-refractivity contribution in [1.82, 2.24) is 20.1 Å². The van der Waals surface area contributed by atoms with Gasteiger partial charge in [0, 0.05) is 17.8 Å². The largest absolute Gasteiger partial charge is 0.340 e. The molecule has 0 bridgehead atoms. The van der Waals surface area contributed by atoms with Crippen LogP contribution < -0.4 is 10.2 Å². The lowest BCUT2D eigenvalue weighted by Crippen LogP contribution is -2.58. The molecule has 4 aliphatic rings. The zero-order chi connectivity index (χ0) is 33.1. The summed E-state index contributed by atoms with van der Waals surface area (Å²) in [4.78, 5) is 95.4. The summed E-state index contributed by atoms with van der Waals surface area (Å²) in [5.74, 6) is -1.93. The van der Waals surface area contributed by atoms with E-state index in [0.29, 0.717) is 55.9 Å². The molecular weight excluding hydrogens is 625 g/mol. The van der Waals surface area contributed by atoms with Crippen LogP contribution >= 0.6 is 7.60 Å². The number of hydrogen-bond acceptors (Lipinski definition) is 7. The summed E-state index contributed by atoms with van der Waals surface area (Å²) in [6.45, 7) is 0. The molecule has 47 heavy (non-hydrogen) atoms. The highest BCUT2D eigenvalue weighted by Crippen LogP contribution is 2.50. The highest BCUT2D eigenvalue weighted by Gasteiger charge is 2.68. The second-order valence-corrected chi connectivity index (χ2v) is 14.5. The standard InChI is InChI=1S/C33H34N5O8P/c39-28(22-10-9-21-8-7-20(16-23(21)17-22)19-47(44,45)46)35-26-6-2-1-4-24-11-12-27(36(24)29(26)40)30(41)38-32(43)37(25-5-3-15-34-18-25)31(42)33(38)13-14-33/h3,5,7-10,15-18,24,26-27H,1-2,4,6,11-14,19H2,(H,35,39)(H2,44,45,46)/t24-,26-,27-/m0/s1. The number of hydrogen-bond donors (Lipinski definition) is 3. The Bertz CT molecular complexity index is 1860. The highest BCUT2D eigenvalue weighted by atomic mass is 31.2. The molecule has 0 radical (unpaired) electrons. The normalized spacial score (nSPS) is 24.0. The van der Waals surface area contributed by atoms with Crippen LogP contribution in [-0.4, -0.2) is 77.9 Å². The Hall–Kier alpha value is -4.45. The average molecular weight is 660 g/mol. The molecule has 2 aromatic carbocycles. The number of nitrogens with one attached hydrogen (secondary N) is 1. The SMILES string of the molecule is O=C(N[C@H]1CCCC[C@H]2CC[C@@H](C(=O)N3C(=O)N(c4cccnc4)C(=O)C34CC4)N2C1=O)c1ccc2ccc(CP(=O)(O)O)cc2c1. The molecular formula is C33H34N5O8P. The predicted octanol–water partition coefficient (Wildman–Crippen LogP) is 3.47. The summed E-state index contributed by atoms with van der Waals surface area (Å²) < 4.78 is 11.5. The molecule has 1 saturated carbocycles. The third kappa shape index (κ3) is 5.62. The van der Waals surface area contributed by atoms with Crippen molar-refractivity contribution in [3.8, 4) is 0 Å². The van der Waals surface area contributed by atoms with Crippen LogP contribution in [0.4, 0.5) is 10.5 Å². The minimum atomic E-state index is -4.28. The van der Waals surface area contributed by atoms with E-state index in [1.165, 1.54) is 12.4 Å². The Morgan fingerprint density at radius 2 is 1.72 bits per heavy atom. The Morgan fingerprint density at radius 3 is 2.45 bits per heavy atom. The van der Waals surface area contributed by atoms with Crippen LogP contribution in [0.5, 0.6) is 0 Å². The first kappa shape index (κ1) is 31.2. The molecule has 1 aliphatic carbocycles. The number of urea groups is 1. The molecule has 7 rings (SSSR count). The van der Waals surface area contributed by atoms with Gasteiger partial charge < -0.3 is 20.0 Å². The Morgan fingerprint density at radius 1 is 0.957 bits per heavy atom. The number of nitrogens with zero attached hydrogens (tertiary/aromatic N) is 4. The van der Waals surface area contributed by atoms with Gasteiger partial charge in [0.05, 0.1) is 18.0 Å². The van der Waals surface area contributed by atoms with Gasteiger partial charge >= 0.3 is 13.6 Å². The van der Waals surface area contributed by atoms with Crippen molar-refractivity contribution < 1.29 is 38.3 Å². The molecule has 13 nitrogen and oxygen atoms in total. The second-order valence-electron chi connectivity index (χ2n) is 12.9. The third-order valence-corrected chi connectivity index (χ3v) is 10.5. The Balaban J connectivity index is 1.12. The summed E-state index contributed by atoms with van der Waals surface area (Å²) in [5.41, 5.74) is -0.254. The number of pyridine rings is 1. The lowest BCUT2D eigenvalue weighted by molar-refractivity contribution is -0.147. The minimum Gasteiger partial charge on any atom is -0.340 e. The van der Waals surface area contributed by atoms with Crippen LogP contribution in [0.15, 0.2) is 60.9 Å². The number of carbonyl (C=O) groups excluding carboxylic acids is 5. The fourth-order valence-electron chi connectivity index (χ4n) is 7.32. The fourth-order valence-corrected chi connectivity index (χ4v) is 7.99. The molecule has 3 atom stereocenters. The zero-order valence-electron chi connectivity index (χ0n) is 25.4. The molecule has 4 fully saturated rings. The summed E-state index contributed by atoms with van der Waals surface area (Å²) in [6, 6.07) is 10.3. The van der Waals surface area contributed by atoms with Crippen molar-refractivity contribution in [3.63, 3.8) is 0 Å². The Kier molecular flexibility index (Phi) is 7.73. The lowest BCUT2D eigenvalue weighted by atomic mass is 9.98. The molecule has 1 spiro atoms. The maximum Gasteiger partial charge on any atom is 0.339 e. The van der Waals surface area contributed by atoms with E-state index in [2.05, 4.69) is 10.3 Å². The second kappa shape index (κ2) is 11.7. The van der Waals surface area contributed by atoms with Crippen LogP contribution in [0.2, 0.25) is 0 Å². The first-order chi connectivity index (χ1) is 22.5. The zero-order valence-corrected chi connectivity index (χ0v) is 26.3. The minimum absolute atomic E-state index is 0.234. The number of amides is 6. The number of rotatable bonds is 6. The first-order valence-corrected chi connectivity index (χ1v) is 17.6. The number of benzene rings is 2. The van der Waals surface area contributed by atoms with Crippen molar-refractivity contribution in [2.45, 2.75) is 81.2 Å². The molecule has 4 heterocycles. The third-order valence-electron chi connectivity index (χ3n) is 9.74. The van der Waals surface area contributed by atoms with Crippen LogP contribution in [0, 0.1) is 0 Å². The van der Waals surface area contributed by atoms with Gasteiger partial charge in [-0.2, -0.15) is 0 Å². The van der Waals surface area contributed by atoms with E-state index in [1.54, 1.807) is 53.4 Å². The van der Waals surface area contributed by atoms with E-state index in [0.717, 1.165) is 21.6 Å². The number of anilines is 1. The molecule has 3 aromatic rings. The number of aromatic nitrogens is 1. The monoisotopic (exact) mass is 659 g/mol. The van der Waals surface area contributed by atoms with Gasteiger partial charge in [-0.05, 0) is 79.1 Å². The van der Waals surface area contributed by atoms with Crippen LogP contribution in [0.3, 0.4) is 0 Å². The molecule has 0 unspecified atom stereocenters. The quantitative estimate of drug-likeness (QED) is 0.264. The van der Waals surface area contributed by atoms with Gasteiger partial charge in [-0.1, -0.05) is 37.1 Å². The number of carbonyl (C=O) groups is 5. The van der Waals surface area contributed by atoms with Crippen molar-refractivity contribution in [2.24, 2.45) is 0 Å². The van der Waals surface area contributed by atoms with Gasteiger partial charge in [0.15, 0.2) is 0 Å². The van der Waals surface area contributed by atoms with Gasteiger partial charge in [0.25, 0.3) is 17.7 Å². The maximum atomic E-state index is 14.2. The van der Waals surface area contributed by atoms with E-state index >= 15 is 0 Å². The van der Waals surface area contributed by atoms with E-state index in [9.17, 15) is 38.3 Å². The average Bonchev–Trinajstić information content (AvgIpc) is 3.66. The van der Waals surface area contributed by atoms with Crippen LogP contribution in [-0.2, 0) is 25.1 Å². The van der Waals surface area contributed by atoms with E-state index in [1.807, 2.05) is 0 Å².